The molecular weight excluding hydrogens is 388 g/mol. The molecule has 3 N–H and O–H groups in total. The Morgan fingerprint density at radius 1 is 1.13 bits per heavy atom. The molecule has 1 heterocycles. The smallest absolute Gasteiger partial charge is 0.191 e. The average molecular weight is 431 g/mol. The number of rotatable bonds is 10. The van der Waals surface area contributed by atoms with Crippen LogP contribution >= 0.6 is 0 Å². The first-order chi connectivity index (χ1) is 15.1. The lowest BCUT2D eigenvalue weighted by atomic mass is 9.83. The summed E-state index contributed by atoms with van der Waals surface area (Å²) in [4.78, 5) is 6.86. The van der Waals surface area contributed by atoms with Gasteiger partial charge in [0.1, 0.15) is 0 Å². The van der Waals surface area contributed by atoms with Crippen molar-refractivity contribution in [2.45, 2.75) is 71.1 Å². The number of guanidine groups is 1. The molecule has 2 aliphatic rings. The van der Waals surface area contributed by atoms with Crippen molar-refractivity contribution < 1.29 is 9.84 Å². The lowest BCUT2D eigenvalue weighted by molar-refractivity contribution is 0.0792. The van der Waals surface area contributed by atoms with Crippen molar-refractivity contribution in [2.24, 2.45) is 10.4 Å². The van der Waals surface area contributed by atoms with Gasteiger partial charge >= 0.3 is 0 Å². The summed E-state index contributed by atoms with van der Waals surface area (Å²) in [6.07, 6.45) is 8.00. The fraction of sp³-hybridized carbons (Fsp3) is 0.720. The van der Waals surface area contributed by atoms with Crippen LogP contribution in [0.2, 0.25) is 0 Å². The molecule has 6 heteroatoms. The number of aliphatic imine (C=N–C) groups is 1. The van der Waals surface area contributed by atoms with Gasteiger partial charge in [-0.2, -0.15) is 0 Å². The third-order valence-corrected chi connectivity index (χ3v) is 6.95. The summed E-state index contributed by atoms with van der Waals surface area (Å²) in [6.45, 7) is 8.38. The highest BCUT2D eigenvalue weighted by Crippen LogP contribution is 2.40. The van der Waals surface area contributed by atoms with Gasteiger partial charge in [0.15, 0.2) is 5.96 Å². The van der Waals surface area contributed by atoms with Crippen LogP contribution in [-0.4, -0.2) is 62.0 Å². The predicted molar refractivity (Wildman–Crippen MR) is 127 cm³/mol. The number of benzene rings is 1. The van der Waals surface area contributed by atoms with E-state index in [2.05, 4.69) is 51.7 Å². The monoisotopic (exact) mass is 430 g/mol. The van der Waals surface area contributed by atoms with Crippen molar-refractivity contribution in [2.75, 3.05) is 39.9 Å². The first kappa shape index (κ1) is 24.0. The highest BCUT2D eigenvalue weighted by molar-refractivity contribution is 5.79. The van der Waals surface area contributed by atoms with E-state index in [9.17, 15) is 5.11 Å². The molecule has 0 atom stereocenters. The van der Waals surface area contributed by atoms with Crippen LogP contribution in [0.5, 0.6) is 0 Å². The number of nitrogens with one attached hydrogen (secondary N) is 2. The second kappa shape index (κ2) is 12.4. The number of aliphatic hydroxyl groups excluding tert-OH is 1. The molecule has 0 bridgehead atoms. The number of ether oxygens (including phenoxy) is 1. The number of nitrogens with zero attached hydrogens (tertiary/aromatic N) is 2. The van der Waals surface area contributed by atoms with Gasteiger partial charge in [-0.25, -0.2) is 0 Å². The number of likely N-dealkylation sites (tertiary alicyclic amines) is 1. The number of hydrogen-bond donors (Lipinski definition) is 3. The highest BCUT2D eigenvalue weighted by Gasteiger charge is 2.33. The van der Waals surface area contributed by atoms with E-state index >= 15 is 0 Å². The summed E-state index contributed by atoms with van der Waals surface area (Å²) < 4.78 is 5.63. The Hall–Kier alpha value is -1.63. The Bertz CT molecular complexity index is 663. The van der Waals surface area contributed by atoms with E-state index in [-0.39, 0.29) is 6.10 Å². The molecule has 0 amide bonds. The topological polar surface area (TPSA) is 69.1 Å². The van der Waals surface area contributed by atoms with Gasteiger partial charge in [-0.1, -0.05) is 37.1 Å². The lowest BCUT2D eigenvalue weighted by Gasteiger charge is -2.30. The van der Waals surface area contributed by atoms with Gasteiger partial charge in [-0.3, -0.25) is 9.89 Å². The van der Waals surface area contributed by atoms with E-state index in [0.29, 0.717) is 5.41 Å². The Kier molecular flexibility index (Phi) is 9.62. The van der Waals surface area contributed by atoms with Crippen LogP contribution in [0.4, 0.5) is 0 Å². The Morgan fingerprint density at radius 3 is 2.45 bits per heavy atom. The average Bonchev–Trinajstić information content (AvgIpc) is 3.26. The molecule has 1 aromatic rings. The van der Waals surface area contributed by atoms with E-state index in [1.807, 2.05) is 7.05 Å². The minimum atomic E-state index is -0.110. The van der Waals surface area contributed by atoms with Gasteiger partial charge in [-0.05, 0) is 55.6 Å². The van der Waals surface area contributed by atoms with Crippen molar-refractivity contribution >= 4 is 5.96 Å². The molecule has 31 heavy (non-hydrogen) atoms. The minimum Gasteiger partial charge on any atom is -0.393 e. The largest absolute Gasteiger partial charge is 0.393 e. The maximum Gasteiger partial charge on any atom is 0.191 e. The number of aliphatic hydroxyl groups is 1. The molecular formula is C25H42N4O2. The maximum absolute atomic E-state index is 9.66. The third-order valence-electron chi connectivity index (χ3n) is 6.95. The van der Waals surface area contributed by atoms with Gasteiger partial charge in [0.2, 0.25) is 0 Å². The van der Waals surface area contributed by atoms with Crippen LogP contribution in [0, 0.1) is 5.41 Å². The summed E-state index contributed by atoms with van der Waals surface area (Å²) in [7, 11) is 1.84. The molecule has 1 saturated carbocycles. The normalized spacial score (nSPS) is 20.2. The molecule has 1 aromatic carbocycles. The van der Waals surface area contributed by atoms with E-state index < -0.39 is 0 Å². The van der Waals surface area contributed by atoms with E-state index in [0.717, 1.165) is 71.2 Å². The zero-order valence-corrected chi connectivity index (χ0v) is 19.5. The number of hydrogen-bond acceptors (Lipinski definition) is 4. The summed E-state index contributed by atoms with van der Waals surface area (Å²) in [5, 5.41) is 16.7. The van der Waals surface area contributed by atoms with Gasteiger partial charge in [0.05, 0.1) is 6.10 Å². The fourth-order valence-electron chi connectivity index (χ4n) is 4.85. The lowest BCUT2D eigenvalue weighted by Crippen LogP contribution is -2.43. The molecule has 0 spiro atoms. The van der Waals surface area contributed by atoms with E-state index in [1.165, 1.54) is 36.8 Å². The van der Waals surface area contributed by atoms with Crippen molar-refractivity contribution in [1.29, 1.82) is 0 Å². The van der Waals surface area contributed by atoms with Crippen molar-refractivity contribution in [1.82, 2.24) is 15.5 Å². The van der Waals surface area contributed by atoms with Crippen LogP contribution in [0.1, 0.15) is 63.0 Å². The zero-order valence-electron chi connectivity index (χ0n) is 19.5. The molecule has 0 radical (unpaired) electrons. The summed E-state index contributed by atoms with van der Waals surface area (Å²) in [5.41, 5.74) is 2.94. The quantitative estimate of drug-likeness (QED) is 0.302. The summed E-state index contributed by atoms with van der Waals surface area (Å²) in [6, 6.07) is 8.85. The summed E-state index contributed by atoms with van der Waals surface area (Å²) in [5.74, 6) is 0.874. The summed E-state index contributed by atoms with van der Waals surface area (Å²) >= 11 is 0. The molecule has 1 saturated heterocycles. The van der Waals surface area contributed by atoms with Crippen LogP contribution in [-0.2, 0) is 17.8 Å². The minimum absolute atomic E-state index is 0.110. The maximum atomic E-state index is 9.66. The Morgan fingerprint density at radius 2 is 1.81 bits per heavy atom. The molecule has 174 valence electrons. The van der Waals surface area contributed by atoms with Gasteiger partial charge < -0.3 is 20.5 Å². The van der Waals surface area contributed by atoms with Crippen LogP contribution in [0.25, 0.3) is 0 Å². The Labute approximate surface area is 188 Å². The third kappa shape index (κ3) is 7.78. The first-order valence-corrected chi connectivity index (χ1v) is 12.1. The Balaban J connectivity index is 1.42. The first-order valence-electron chi connectivity index (χ1n) is 12.1. The standard InChI is InChI=1S/C25H42N4O2/c1-3-31-17-14-25(12-4-5-13-25)20-28-24(26-2)27-18-21-6-8-22(9-7-21)19-29-15-10-23(30)11-16-29/h6-9,23,30H,3-5,10-20H2,1-2H3,(H2,26,27,28). The van der Waals surface area contributed by atoms with E-state index in [4.69, 9.17) is 4.74 Å². The second-order valence-corrected chi connectivity index (χ2v) is 9.26. The van der Waals surface area contributed by atoms with Crippen molar-refractivity contribution in [3.63, 3.8) is 0 Å². The molecule has 1 aliphatic carbocycles. The SMILES string of the molecule is CCOCCC1(CNC(=NC)NCc2ccc(CN3CCC(O)CC3)cc2)CCCC1. The zero-order chi connectivity index (χ0) is 21.9. The predicted octanol–water partition coefficient (Wildman–Crippen LogP) is 3.30. The molecule has 6 nitrogen and oxygen atoms in total. The van der Waals surface area contributed by atoms with Crippen LogP contribution < -0.4 is 10.6 Å². The van der Waals surface area contributed by atoms with Crippen LogP contribution in [0.3, 0.4) is 0 Å². The second-order valence-electron chi connectivity index (χ2n) is 9.26. The molecule has 3 rings (SSSR count). The van der Waals surface area contributed by atoms with Gasteiger partial charge in [0.25, 0.3) is 0 Å². The number of piperidine rings is 1. The van der Waals surface area contributed by atoms with Crippen molar-refractivity contribution in [3.05, 3.63) is 35.4 Å². The van der Waals surface area contributed by atoms with Gasteiger partial charge in [-0.15, -0.1) is 0 Å². The molecule has 0 unspecified atom stereocenters. The van der Waals surface area contributed by atoms with E-state index in [1.54, 1.807) is 0 Å². The highest BCUT2D eigenvalue weighted by atomic mass is 16.5. The van der Waals surface area contributed by atoms with Crippen molar-refractivity contribution in [3.8, 4) is 0 Å². The molecule has 0 aromatic heterocycles. The van der Waals surface area contributed by atoms with Crippen LogP contribution in [0.15, 0.2) is 29.3 Å². The molecule has 1 aliphatic heterocycles. The molecule has 2 fully saturated rings. The van der Waals surface area contributed by atoms with Gasteiger partial charge in [0, 0.05) is 53.0 Å². The fourth-order valence-corrected chi connectivity index (χ4v) is 4.85.